The van der Waals surface area contributed by atoms with Gasteiger partial charge in [-0.15, -0.1) is 12.4 Å². The number of hydrogen-bond donors (Lipinski definition) is 2. The Bertz CT molecular complexity index is 262. The average Bonchev–Trinajstić information content (AvgIpc) is 2.05. The van der Waals surface area contributed by atoms with Crippen LogP contribution in [0, 0.1) is 5.41 Å². The van der Waals surface area contributed by atoms with Crippen LogP contribution in [0.4, 0.5) is 4.79 Å². The molecule has 2 N–H and O–H groups in total. The first-order valence-corrected chi connectivity index (χ1v) is 4.23. The number of imide groups is 2. The number of hydrogen-bond acceptors (Lipinski definition) is 3. The van der Waals surface area contributed by atoms with Crippen LogP contribution in [0.25, 0.3) is 0 Å². The van der Waals surface area contributed by atoms with Crippen molar-refractivity contribution in [3.63, 3.8) is 0 Å². The van der Waals surface area contributed by atoms with Crippen LogP contribution in [0.5, 0.6) is 0 Å². The van der Waals surface area contributed by atoms with Crippen molar-refractivity contribution in [3.05, 3.63) is 0 Å². The van der Waals surface area contributed by atoms with Crippen molar-refractivity contribution in [3.8, 4) is 0 Å². The first-order valence-electron chi connectivity index (χ1n) is 4.23. The van der Waals surface area contributed by atoms with Gasteiger partial charge in [-0.2, -0.15) is 0 Å². The van der Waals surface area contributed by atoms with Gasteiger partial charge >= 0.3 is 57.4 Å². The molecule has 4 amide bonds. The van der Waals surface area contributed by atoms with E-state index in [-0.39, 0.29) is 65.2 Å². The zero-order valence-electron chi connectivity index (χ0n) is 10.0. The van der Waals surface area contributed by atoms with Crippen molar-refractivity contribution in [1.82, 2.24) is 10.6 Å². The van der Waals surface area contributed by atoms with Crippen molar-refractivity contribution >= 4 is 30.3 Å². The Morgan fingerprint density at radius 3 is 1.67 bits per heavy atom. The molecule has 0 spiro atoms. The molecule has 0 aromatic heterocycles. The molecule has 7 heteroatoms. The van der Waals surface area contributed by atoms with Gasteiger partial charge in [0.15, 0.2) is 0 Å². The molecular weight excluding hydrogens is 247 g/mol. The predicted molar refractivity (Wildman–Crippen MR) is 53.1 cm³/mol. The minimum Gasteiger partial charge on any atom is -1.00 e. The molecule has 0 saturated carbocycles. The third-order valence-electron chi connectivity index (χ3n) is 2.53. The molecule has 0 unspecified atom stereocenters. The molecule has 0 bridgehead atoms. The summed E-state index contributed by atoms with van der Waals surface area (Å²) in [7, 11) is 0. The molecular formula is C8H14ClKN2O3. The van der Waals surface area contributed by atoms with E-state index in [2.05, 4.69) is 10.6 Å². The van der Waals surface area contributed by atoms with E-state index in [0.717, 1.165) is 0 Å². The molecule has 0 aliphatic carbocycles. The largest absolute Gasteiger partial charge is 1.00 e. The van der Waals surface area contributed by atoms with E-state index in [1.165, 1.54) is 0 Å². The van der Waals surface area contributed by atoms with Gasteiger partial charge in [0.05, 0.1) is 0 Å². The molecule has 82 valence electrons. The minimum absolute atomic E-state index is 0. The van der Waals surface area contributed by atoms with Crippen LogP contribution in [0.3, 0.4) is 0 Å². The van der Waals surface area contributed by atoms with E-state index >= 15 is 0 Å². The summed E-state index contributed by atoms with van der Waals surface area (Å²) in [5.74, 6) is -0.988. The third kappa shape index (κ3) is 3.24. The molecule has 15 heavy (non-hydrogen) atoms. The Labute approximate surface area is 138 Å². The van der Waals surface area contributed by atoms with Gasteiger partial charge < -0.3 is 1.43 Å². The van der Waals surface area contributed by atoms with Gasteiger partial charge in [0.2, 0.25) is 11.8 Å². The Morgan fingerprint density at radius 2 is 1.40 bits per heavy atom. The fourth-order valence-corrected chi connectivity index (χ4v) is 1.47. The topological polar surface area (TPSA) is 75.3 Å². The number of barbiturate groups is 1. The van der Waals surface area contributed by atoms with Crippen molar-refractivity contribution in [2.75, 3.05) is 0 Å². The second kappa shape index (κ2) is 6.98. The van der Waals surface area contributed by atoms with Crippen molar-refractivity contribution < 1.29 is 67.2 Å². The minimum atomic E-state index is -1.06. The van der Waals surface area contributed by atoms with E-state index in [0.29, 0.717) is 12.8 Å². The number of amides is 4. The van der Waals surface area contributed by atoms with E-state index in [9.17, 15) is 14.4 Å². The zero-order chi connectivity index (χ0) is 10.1. The van der Waals surface area contributed by atoms with Crippen molar-refractivity contribution in [2.45, 2.75) is 26.7 Å². The second-order valence-corrected chi connectivity index (χ2v) is 3.03. The van der Waals surface area contributed by atoms with E-state index < -0.39 is 23.3 Å². The van der Waals surface area contributed by atoms with Crippen LogP contribution in [0.15, 0.2) is 0 Å². The Balaban J connectivity index is -0.000000563. The van der Waals surface area contributed by atoms with Crippen LogP contribution in [0.2, 0.25) is 0 Å². The normalized spacial score (nSPS) is 18.1. The fourth-order valence-electron chi connectivity index (χ4n) is 1.47. The van der Waals surface area contributed by atoms with E-state index in [1.807, 2.05) is 0 Å². The smallest absolute Gasteiger partial charge is 1.00 e. The summed E-state index contributed by atoms with van der Waals surface area (Å²) in [4.78, 5) is 33.6. The van der Waals surface area contributed by atoms with E-state index in [4.69, 9.17) is 0 Å². The molecule has 1 fully saturated rings. The molecule has 1 heterocycles. The Morgan fingerprint density at radius 1 is 1.07 bits per heavy atom. The van der Waals surface area contributed by atoms with Gasteiger partial charge in [-0.1, -0.05) is 13.8 Å². The molecule has 1 saturated heterocycles. The average molecular weight is 261 g/mol. The molecule has 0 aromatic carbocycles. The van der Waals surface area contributed by atoms with Crippen LogP contribution < -0.4 is 62.0 Å². The maximum Gasteiger partial charge on any atom is 1.00 e. The second-order valence-electron chi connectivity index (χ2n) is 3.03. The number of urea groups is 1. The molecule has 0 radical (unpaired) electrons. The summed E-state index contributed by atoms with van der Waals surface area (Å²) in [5, 5.41) is 4.19. The maximum atomic E-state index is 11.4. The van der Waals surface area contributed by atoms with Crippen molar-refractivity contribution in [1.29, 1.82) is 0 Å². The summed E-state index contributed by atoms with van der Waals surface area (Å²) in [6, 6.07) is -0.729. The number of nitrogens with one attached hydrogen (secondary N) is 2. The molecule has 0 aromatic rings. The summed E-state index contributed by atoms with van der Waals surface area (Å²) in [6.45, 7) is 3.50. The number of carbonyl (C=O) groups is 3. The zero-order valence-corrected chi connectivity index (χ0v) is 13.0. The number of halogens is 1. The van der Waals surface area contributed by atoms with E-state index in [1.54, 1.807) is 13.8 Å². The molecule has 0 atom stereocenters. The molecule has 1 aliphatic heterocycles. The number of carbonyl (C=O) groups excluding carboxylic acids is 3. The van der Waals surface area contributed by atoms with Gasteiger partial charge in [-0.3, -0.25) is 20.2 Å². The maximum absolute atomic E-state index is 11.4. The first-order chi connectivity index (χ1) is 6.06. The fraction of sp³-hybridized carbons (Fsp3) is 0.625. The Hall–Kier alpha value is 0.536. The SMILES string of the molecule is CCC1(CC)C(=O)NC(=O)NC1=O.Cl.[H-].[K+]. The standard InChI is InChI=1S/C8H12N2O3.ClH.K.H/c1-3-8(4-2)5(11)9-7(13)10-6(8)12;;;/h3-4H2,1-2H3,(H2,9,10,11,12,13);1H;;/q;;+1;-1. The predicted octanol–water partition coefficient (Wildman–Crippen LogP) is -2.30. The summed E-state index contributed by atoms with van der Waals surface area (Å²) >= 11 is 0. The summed E-state index contributed by atoms with van der Waals surface area (Å²) in [6.07, 6.45) is 0.795. The van der Waals surface area contributed by atoms with Gasteiger partial charge in [0.25, 0.3) is 0 Å². The van der Waals surface area contributed by atoms with Gasteiger partial charge in [-0.25, -0.2) is 4.79 Å². The molecule has 1 aliphatic rings. The molecule has 1 rings (SSSR count). The van der Waals surface area contributed by atoms with Crippen LogP contribution in [0.1, 0.15) is 28.1 Å². The molecule has 5 nitrogen and oxygen atoms in total. The Kier molecular flexibility index (Phi) is 8.34. The van der Waals surface area contributed by atoms with Crippen LogP contribution in [-0.4, -0.2) is 17.8 Å². The number of rotatable bonds is 2. The third-order valence-corrected chi connectivity index (χ3v) is 2.53. The quantitative estimate of drug-likeness (QED) is 0.433. The van der Waals surface area contributed by atoms with Gasteiger partial charge in [0, 0.05) is 0 Å². The van der Waals surface area contributed by atoms with Crippen LogP contribution in [-0.2, 0) is 9.59 Å². The first kappa shape index (κ1) is 17.9. The summed E-state index contributed by atoms with van der Waals surface area (Å²) in [5.41, 5.74) is -1.06. The monoisotopic (exact) mass is 260 g/mol. The van der Waals surface area contributed by atoms with Crippen LogP contribution >= 0.6 is 12.4 Å². The van der Waals surface area contributed by atoms with Gasteiger partial charge in [-0.05, 0) is 12.8 Å². The van der Waals surface area contributed by atoms with Crippen molar-refractivity contribution in [2.24, 2.45) is 5.41 Å². The summed E-state index contributed by atoms with van der Waals surface area (Å²) < 4.78 is 0. The van der Waals surface area contributed by atoms with Gasteiger partial charge in [0.1, 0.15) is 5.41 Å².